The predicted molar refractivity (Wildman–Crippen MR) is 156 cm³/mol. The van der Waals surface area contributed by atoms with Crippen LogP contribution in [0.25, 0.3) is 0 Å². The van der Waals surface area contributed by atoms with Gasteiger partial charge in [-0.25, -0.2) is 12.8 Å². The van der Waals surface area contributed by atoms with Gasteiger partial charge in [0, 0.05) is 18.8 Å². The second kappa shape index (κ2) is 12.1. The monoisotopic (exact) mass is 652 g/mol. The molecule has 2 aliphatic carbocycles. The molecule has 3 amide bonds. The lowest BCUT2D eigenvalue weighted by Gasteiger charge is -2.29. The van der Waals surface area contributed by atoms with Crippen molar-refractivity contribution in [1.82, 2.24) is 20.5 Å². The van der Waals surface area contributed by atoms with Gasteiger partial charge in [0.25, 0.3) is 5.91 Å². The topological polar surface area (TPSA) is 143 Å². The van der Waals surface area contributed by atoms with Crippen LogP contribution in [0.2, 0.25) is 10.0 Å². The van der Waals surface area contributed by atoms with Crippen LogP contribution in [0.4, 0.5) is 4.39 Å². The van der Waals surface area contributed by atoms with Crippen LogP contribution in [0, 0.1) is 5.82 Å². The summed E-state index contributed by atoms with van der Waals surface area (Å²) >= 11 is 12.1. The smallest absolute Gasteiger partial charge is 0.289 e. The van der Waals surface area contributed by atoms with Crippen molar-refractivity contribution in [3.63, 3.8) is 0 Å². The molecule has 2 N–H and O–H groups in total. The minimum absolute atomic E-state index is 0.00495. The van der Waals surface area contributed by atoms with Crippen molar-refractivity contribution in [3.05, 3.63) is 58.1 Å². The fourth-order valence-electron chi connectivity index (χ4n) is 5.54. The summed E-state index contributed by atoms with van der Waals surface area (Å²) in [6.07, 6.45) is 3.58. The van der Waals surface area contributed by atoms with Gasteiger partial charge in [0.1, 0.15) is 11.9 Å². The van der Waals surface area contributed by atoms with Crippen molar-refractivity contribution < 1.29 is 32.0 Å². The first-order valence-corrected chi connectivity index (χ1v) is 16.5. The summed E-state index contributed by atoms with van der Waals surface area (Å²) in [5, 5.41) is 4.05. The first-order chi connectivity index (χ1) is 20.4. The van der Waals surface area contributed by atoms with Crippen LogP contribution in [0.3, 0.4) is 0 Å². The molecule has 10 nitrogen and oxygen atoms in total. The Hall–Kier alpha value is -3.09. The first-order valence-electron chi connectivity index (χ1n) is 14.1. The molecular weight excluding hydrogens is 622 g/mol. The van der Waals surface area contributed by atoms with Crippen molar-refractivity contribution in [2.24, 2.45) is 0 Å². The van der Waals surface area contributed by atoms with Gasteiger partial charge in [0.2, 0.25) is 17.6 Å². The van der Waals surface area contributed by atoms with E-state index in [1.165, 1.54) is 24.4 Å². The van der Waals surface area contributed by atoms with Crippen molar-refractivity contribution in [2.45, 2.75) is 85.6 Å². The van der Waals surface area contributed by atoms with Crippen LogP contribution in [0.5, 0.6) is 0 Å². The molecule has 0 bridgehead atoms. The third kappa shape index (κ3) is 6.28. The Balaban J connectivity index is 1.46. The number of carbonyl (C=O) groups is 4. The van der Waals surface area contributed by atoms with Crippen LogP contribution < -0.4 is 10.6 Å². The number of likely N-dealkylation sites (tertiary alicyclic amines) is 1. The molecular formula is C29H31Cl2FN4O6S. The highest BCUT2D eigenvalue weighted by Crippen LogP contribution is 2.51. The van der Waals surface area contributed by atoms with E-state index in [2.05, 4.69) is 15.6 Å². The van der Waals surface area contributed by atoms with Gasteiger partial charge in [-0.3, -0.25) is 24.2 Å². The van der Waals surface area contributed by atoms with E-state index in [0.29, 0.717) is 6.42 Å². The summed E-state index contributed by atoms with van der Waals surface area (Å²) in [4.78, 5) is 58.4. The molecule has 1 aromatic heterocycles. The fourth-order valence-corrected chi connectivity index (χ4v) is 7.90. The number of aromatic nitrogens is 1. The molecule has 1 aromatic carbocycles. The lowest BCUT2D eigenvalue weighted by molar-refractivity contribution is -0.143. The predicted octanol–water partition coefficient (Wildman–Crippen LogP) is 3.14. The Morgan fingerprint density at radius 2 is 1.86 bits per heavy atom. The summed E-state index contributed by atoms with van der Waals surface area (Å²) in [7, 11) is -4.12. The first kappa shape index (κ1) is 31.3. The lowest BCUT2D eigenvalue weighted by Crippen LogP contribution is -2.54. The number of benzene rings is 1. The van der Waals surface area contributed by atoms with E-state index in [1.807, 2.05) is 0 Å². The molecule has 3 atom stereocenters. The quantitative estimate of drug-likeness (QED) is 0.355. The zero-order chi connectivity index (χ0) is 31.1. The van der Waals surface area contributed by atoms with E-state index >= 15 is 0 Å². The molecule has 1 unspecified atom stereocenters. The number of amides is 3. The number of carbonyl (C=O) groups excluding carboxylic acids is 4. The maximum absolute atomic E-state index is 15.0. The molecule has 5 rings (SSSR count). The molecule has 1 saturated heterocycles. The average Bonchev–Trinajstić information content (AvgIpc) is 3.90. The minimum Gasteiger partial charge on any atom is -0.347 e. The standard InChI is InChI=1S/C29H31Cl2FN4O6S/c1-2-5-21(24(37)27(39)34-17-8-9-17)35-26(38)22-13-18(43(41,42)23-7-4-3-6-19(23)31)15-36(22)28(40)29(10-11-29)25-20(32)12-16(30)14-33-25/h3-4,6-7,12,14,17-18,21-22H,2,5,8-11,13,15H2,1H3,(H,34,39)(H,35,38)/t18-,21?,22+/m1/s1. The lowest BCUT2D eigenvalue weighted by atomic mass is 9.98. The number of ketones is 1. The Kier molecular flexibility index (Phi) is 8.84. The number of pyridine rings is 1. The number of hydrogen-bond acceptors (Lipinski definition) is 7. The van der Waals surface area contributed by atoms with Gasteiger partial charge < -0.3 is 15.5 Å². The number of rotatable bonds is 11. The fraction of sp³-hybridized carbons (Fsp3) is 0.483. The van der Waals surface area contributed by atoms with Crippen LogP contribution >= 0.6 is 23.2 Å². The number of nitrogens with one attached hydrogen (secondary N) is 2. The van der Waals surface area contributed by atoms with Crippen LogP contribution in [-0.4, -0.2) is 71.7 Å². The summed E-state index contributed by atoms with van der Waals surface area (Å²) in [6, 6.07) is 4.37. The number of hydrogen-bond donors (Lipinski definition) is 2. The molecule has 3 aliphatic rings. The van der Waals surface area contributed by atoms with Crippen molar-refractivity contribution in [2.75, 3.05) is 6.54 Å². The molecule has 0 radical (unpaired) electrons. The largest absolute Gasteiger partial charge is 0.347 e. The van der Waals surface area contributed by atoms with Crippen LogP contribution in [0.1, 0.15) is 57.6 Å². The molecule has 230 valence electrons. The van der Waals surface area contributed by atoms with E-state index in [0.717, 1.165) is 23.8 Å². The molecule has 2 heterocycles. The third-order valence-electron chi connectivity index (χ3n) is 8.18. The van der Waals surface area contributed by atoms with Crippen LogP contribution in [-0.2, 0) is 34.4 Å². The molecule has 3 fully saturated rings. The van der Waals surface area contributed by atoms with E-state index in [-0.39, 0.29) is 58.9 Å². The number of nitrogens with zero attached hydrogens (tertiary/aromatic N) is 2. The molecule has 43 heavy (non-hydrogen) atoms. The minimum atomic E-state index is -4.12. The summed E-state index contributed by atoms with van der Waals surface area (Å²) < 4.78 is 42.4. The number of halogens is 3. The van der Waals surface area contributed by atoms with Gasteiger partial charge in [-0.05, 0) is 56.7 Å². The maximum atomic E-state index is 15.0. The third-order valence-corrected chi connectivity index (χ3v) is 11.0. The Labute approximate surface area is 258 Å². The Morgan fingerprint density at radius 1 is 1.16 bits per heavy atom. The molecule has 0 spiro atoms. The van der Waals surface area contributed by atoms with Gasteiger partial charge in [-0.2, -0.15) is 0 Å². The van der Waals surface area contributed by atoms with Crippen molar-refractivity contribution >= 4 is 56.5 Å². The zero-order valence-electron chi connectivity index (χ0n) is 23.3. The summed E-state index contributed by atoms with van der Waals surface area (Å²) in [6.45, 7) is 1.42. The van der Waals surface area contributed by atoms with Gasteiger partial charge in [-0.1, -0.05) is 48.7 Å². The Morgan fingerprint density at radius 3 is 2.47 bits per heavy atom. The van der Waals surface area contributed by atoms with Crippen molar-refractivity contribution in [1.29, 1.82) is 0 Å². The van der Waals surface area contributed by atoms with E-state index < -0.39 is 61.9 Å². The highest BCUT2D eigenvalue weighted by molar-refractivity contribution is 7.92. The molecule has 2 saturated carbocycles. The van der Waals surface area contributed by atoms with Gasteiger partial charge in [0.15, 0.2) is 9.84 Å². The van der Waals surface area contributed by atoms with Crippen molar-refractivity contribution in [3.8, 4) is 0 Å². The maximum Gasteiger partial charge on any atom is 0.289 e. The highest BCUT2D eigenvalue weighted by atomic mass is 35.5. The zero-order valence-corrected chi connectivity index (χ0v) is 25.6. The molecule has 2 aromatic rings. The number of sulfone groups is 1. The van der Waals surface area contributed by atoms with Gasteiger partial charge >= 0.3 is 0 Å². The van der Waals surface area contributed by atoms with Crippen LogP contribution in [0.15, 0.2) is 41.4 Å². The SMILES string of the molecule is CCCC(NC(=O)[C@@H]1C[C@@H](S(=O)(=O)c2ccccc2Cl)CN1C(=O)C1(c2ncc(Cl)cc2F)CC1)C(=O)C(=O)NC1CC1. The second-order valence-corrected chi connectivity index (χ2v) is 14.4. The summed E-state index contributed by atoms with van der Waals surface area (Å²) in [5.74, 6) is -3.83. The van der Waals surface area contributed by atoms with E-state index in [9.17, 15) is 32.0 Å². The highest BCUT2D eigenvalue weighted by Gasteiger charge is 2.59. The van der Waals surface area contributed by atoms with E-state index in [1.54, 1.807) is 13.0 Å². The van der Waals surface area contributed by atoms with E-state index in [4.69, 9.17) is 23.2 Å². The second-order valence-electron chi connectivity index (χ2n) is 11.3. The summed E-state index contributed by atoms with van der Waals surface area (Å²) in [5.41, 5.74) is -1.52. The Bertz CT molecular complexity index is 1580. The normalized spacial score (nSPS) is 21.6. The molecule has 14 heteroatoms. The average molecular weight is 654 g/mol. The van der Waals surface area contributed by atoms with Gasteiger partial charge in [-0.15, -0.1) is 0 Å². The van der Waals surface area contributed by atoms with Gasteiger partial charge in [0.05, 0.1) is 37.3 Å². The molecule has 1 aliphatic heterocycles. The number of Topliss-reactive ketones (excluding diaryl/α,β-unsaturated/α-hetero) is 1.